The fourth-order valence-electron chi connectivity index (χ4n) is 4.07. The number of fused-ring (bicyclic) bond motifs is 1. The van der Waals surface area contributed by atoms with Crippen molar-refractivity contribution in [3.63, 3.8) is 0 Å². The first-order chi connectivity index (χ1) is 9.36. The number of nitrogens with zero attached hydrogens (tertiary/aromatic N) is 1. The molecule has 2 saturated heterocycles. The number of nitrogens with one attached hydrogen (secondary N) is 3. The van der Waals surface area contributed by atoms with Crippen LogP contribution in [0.3, 0.4) is 0 Å². The maximum Gasteiger partial charge on any atom is 0.192 e. The fourth-order valence-corrected chi connectivity index (χ4v) is 4.07. The summed E-state index contributed by atoms with van der Waals surface area (Å²) in [5.41, 5.74) is 0. The van der Waals surface area contributed by atoms with Crippen LogP contribution in [0.1, 0.15) is 51.4 Å². The SMILES string of the molecule is CN=C1NC2CC(C3CCCCCCC3)CNC2N1. The van der Waals surface area contributed by atoms with Gasteiger partial charge in [0.2, 0.25) is 0 Å². The Morgan fingerprint density at radius 1 is 0.947 bits per heavy atom. The summed E-state index contributed by atoms with van der Waals surface area (Å²) in [5, 5.41) is 10.6. The Morgan fingerprint density at radius 2 is 1.68 bits per heavy atom. The van der Waals surface area contributed by atoms with Crippen LogP contribution in [0.25, 0.3) is 0 Å². The molecule has 0 radical (unpaired) electrons. The lowest BCUT2D eigenvalue weighted by atomic mass is 9.77. The predicted molar refractivity (Wildman–Crippen MR) is 79.1 cm³/mol. The molecular weight excluding hydrogens is 236 g/mol. The van der Waals surface area contributed by atoms with Gasteiger partial charge in [-0.2, -0.15) is 0 Å². The van der Waals surface area contributed by atoms with E-state index in [1.807, 2.05) is 7.05 Å². The van der Waals surface area contributed by atoms with Crippen molar-refractivity contribution in [2.45, 2.75) is 63.6 Å². The van der Waals surface area contributed by atoms with Gasteiger partial charge in [-0.15, -0.1) is 0 Å². The van der Waals surface area contributed by atoms with E-state index in [1.54, 1.807) is 0 Å². The van der Waals surface area contributed by atoms with Crippen molar-refractivity contribution in [1.82, 2.24) is 16.0 Å². The Morgan fingerprint density at radius 3 is 2.42 bits per heavy atom. The quantitative estimate of drug-likeness (QED) is 0.677. The van der Waals surface area contributed by atoms with Crippen LogP contribution in [0.5, 0.6) is 0 Å². The lowest BCUT2D eigenvalue weighted by molar-refractivity contribution is 0.178. The van der Waals surface area contributed by atoms with Crippen LogP contribution >= 0.6 is 0 Å². The number of piperidine rings is 1. The number of aliphatic imine (C=N–C) groups is 1. The molecule has 19 heavy (non-hydrogen) atoms. The minimum absolute atomic E-state index is 0.392. The molecule has 3 rings (SSSR count). The first kappa shape index (κ1) is 13.2. The maximum atomic E-state index is 4.23. The number of rotatable bonds is 1. The molecular formula is C15H28N4. The predicted octanol–water partition coefficient (Wildman–Crippen LogP) is 1.83. The van der Waals surface area contributed by atoms with E-state index < -0.39 is 0 Å². The average Bonchev–Trinajstić information content (AvgIpc) is 2.80. The molecule has 3 N–H and O–H groups in total. The van der Waals surface area contributed by atoms with Crippen molar-refractivity contribution >= 4 is 5.96 Å². The molecule has 2 aliphatic heterocycles. The Balaban J connectivity index is 1.57. The molecule has 4 nitrogen and oxygen atoms in total. The second-order valence-electron chi connectivity index (χ2n) is 6.45. The highest BCUT2D eigenvalue weighted by molar-refractivity contribution is 5.82. The van der Waals surface area contributed by atoms with Crippen molar-refractivity contribution in [2.75, 3.05) is 13.6 Å². The van der Waals surface area contributed by atoms with Gasteiger partial charge in [0.25, 0.3) is 0 Å². The zero-order valence-corrected chi connectivity index (χ0v) is 12.1. The van der Waals surface area contributed by atoms with Gasteiger partial charge < -0.3 is 10.6 Å². The van der Waals surface area contributed by atoms with Gasteiger partial charge in [-0.3, -0.25) is 10.3 Å². The Labute approximate surface area is 116 Å². The molecule has 0 amide bonds. The molecule has 4 heteroatoms. The summed E-state index contributed by atoms with van der Waals surface area (Å²) >= 11 is 0. The van der Waals surface area contributed by atoms with E-state index >= 15 is 0 Å². The van der Waals surface area contributed by atoms with E-state index in [0.717, 1.165) is 17.8 Å². The van der Waals surface area contributed by atoms with E-state index in [9.17, 15) is 0 Å². The number of hydrogen-bond acceptors (Lipinski definition) is 2. The molecule has 3 fully saturated rings. The molecule has 108 valence electrons. The third-order valence-corrected chi connectivity index (χ3v) is 5.21. The fraction of sp³-hybridized carbons (Fsp3) is 0.933. The summed E-state index contributed by atoms with van der Waals surface area (Å²) in [5.74, 6) is 2.75. The van der Waals surface area contributed by atoms with Gasteiger partial charge in [0.05, 0.1) is 6.04 Å². The highest BCUT2D eigenvalue weighted by Gasteiger charge is 2.38. The van der Waals surface area contributed by atoms with Gasteiger partial charge in [0.15, 0.2) is 5.96 Å². The molecule has 0 bridgehead atoms. The molecule has 2 heterocycles. The average molecular weight is 264 g/mol. The van der Waals surface area contributed by atoms with E-state index in [4.69, 9.17) is 0 Å². The molecule has 0 aromatic heterocycles. The zero-order chi connectivity index (χ0) is 13.1. The minimum Gasteiger partial charge on any atom is -0.350 e. The zero-order valence-electron chi connectivity index (χ0n) is 12.1. The number of hydrogen-bond donors (Lipinski definition) is 3. The topological polar surface area (TPSA) is 48.5 Å². The molecule has 0 aromatic rings. The highest BCUT2D eigenvalue weighted by atomic mass is 15.3. The maximum absolute atomic E-state index is 4.23. The van der Waals surface area contributed by atoms with E-state index in [1.165, 1.54) is 57.9 Å². The monoisotopic (exact) mass is 264 g/mol. The Hall–Kier alpha value is -0.770. The summed E-state index contributed by atoms with van der Waals surface area (Å²) < 4.78 is 0. The van der Waals surface area contributed by atoms with Crippen LogP contribution < -0.4 is 16.0 Å². The van der Waals surface area contributed by atoms with Gasteiger partial charge in [0.1, 0.15) is 6.17 Å². The molecule has 0 aromatic carbocycles. The van der Waals surface area contributed by atoms with Gasteiger partial charge in [-0.1, -0.05) is 44.9 Å². The van der Waals surface area contributed by atoms with Crippen LogP contribution in [-0.2, 0) is 0 Å². The molecule has 3 aliphatic rings. The van der Waals surface area contributed by atoms with Crippen molar-refractivity contribution in [3.8, 4) is 0 Å². The smallest absolute Gasteiger partial charge is 0.192 e. The lowest BCUT2D eigenvalue weighted by Gasteiger charge is -2.37. The summed E-state index contributed by atoms with van der Waals surface area (Å²) in [6.45, 7) is 1.18. The molecule has 3 unspecified atom stereocenters. The normalized spacial score (nSPS) is 39.0. The summed E-state index contributed by atoms with van der Waals surface area (Å²) in [7, 11) is 1.85. The van der Waals surface area contributed by atoms with Crippen LogP contribution in [-0.4, -0.2) is 31.8 Å². The summed E-state index contributed by atoms with van der Waals surface area (Å²) in [6, 6.07) is 0.530. The van der Waals surface area contributed by atoms with E-state index in [-0.39, 0.29) is 0 Å². The molecule has 1 saturated carbocycles. The molecule has 3 atom stereocenters. The standard InChI is InChI=1S/C15H28N4/c1-16-15-18-13-9-12(10-17-14(13)19-15)11-7-5-3-2-4-6-8-11/h11-14,17H,2-10H2,1H3,(H2,16,18,19). The van der Waals surface area contributed by atoms with Crippen LogP contribution in [0.15, 0.2) is 4.99 Å². The van der Waals surface area contributed by atoms with Gasteiger partial charge >= 0.3 is 0 Å². The lowest BCUT2D eigenvalue weighted by Crippen LogP contribution is -2.54. The molecule has 0 spiro atoms. The Kier molecular flexibility index (Phi) is 4.26. The van der Waals surface area contributed by atoms with Crippen LogP contribution in [0.4, 0.5) is 0 Å². The first-order valence-electron chi connectivity index (χ1n) is 8.10. The summed E-state index contributed by atoms with van der Waals surface area (Å²) in [6.07, 6.45) is 11.9. The highest BCUT2D eigenvalue weighted by Crippen LogP contribution is 2.33. The van der Waals surface area contributed by atoms with Crippen LogP contribution in [0.2, 0.25) is 0 Å². The third kappa shape index (κ3) is 3.04. The number of guanidine groups is 1. The first-order valence-corrected chi connectivity index (χ1v) is 8.10. The van der Waals surface area contributed by atoms with Gasteiger partial charge in [-0.05, 0) is 18.3 Å². The third-order valence-electron chi connectivity index (χ3n) is 5.21. The van der Waals surface area contributed by atoms with Crippen molar-refractivity contribution in [1.29, 1.82) is 0 Å². The van der Waals surface area contributed by atoms with Gasteiger partial charge in [-0.25, -0.2) is 0 Å². The minimum atomic E-state index is 0.392. The summed E-state index contributed by atoms with van der Waals surface area (Å²) in [4.78, 5) is 4.23. The van der Waals surface area contributed by atoms with Crippen molar-refractivity contribution < 1.29 is 0 Å². The second-order valence-corrected chi connectivity index (χ2v) is 6.45. The van der Waals surface area contributed by atoms with Crippen LogP contribution in [0, 0.1) is 11.8 Å². The van der Waals surface area contributed by atoms with Crippen molar-refractivity contribution in [3.05, 3.63) is 0 Å². The van der Waals surface area contributed by atoms with E-state index in [2.05, 4.69) is 20.9 Å². The van der Waals surface area contributed by atoms with E-state index in [0.29, 0.717) is 12.2 Å². The van der Waals surface area contributed by atoms with Crippen molar-refractivity contribution in [2.24, 2.45) is 16.8 Å². The Bertz CT molecular complexity index is 320. The largest absolute Gasteiger partial charge is 0.350 e. The van der Waals surface area contributed by atoms with Gasteiger partial charge in [0, 0.05) is 13.6 Å². The second kappa shape index (κ2) is 6.12. The molecule has 1 aliphatic carbocycles.